The summed E-state index contributed by atoms with van der Waals surface area (Å²) in [5.41, 5.74) is 4.59. The number of benzene rings is 4. The molecule has 0 aliphatic carbocycles. The van der Waals surface area contributed by atoms with Crippen molar-refractivity contribution in [3.63, 3.8) is 0 Å². The van der Waals surface area contributed by atoms with E-state index in [0.29, 0.717) is 22.3 Å². The molecule has 1 aliphatic heterocycles. The minimum atomic E-state index is -0.869. The van der Waals surface area contributed by atoms with Crippen molar-refractivity contribution in [1.29, 1.82) is 0 Å². The number of phenols is 1. The molecule has 1 saturated heterocycles. The molecule has 4 N–H and O–H groups in total. The summed E-state index contributed by atoms with van der Waals surface area (Å²) in [6.07, 6.45) is -1.08. The highest BCUT2D eigenvalue weighted by atomic mass is 32.2. The number of hydrogen-bond acceptors (Lipinski definition) is 11. The molecule has 14 heteroatoms. The Labute approximate surface area is 298 Å². The van der Waals surface area contributed by atoms with Crippen LogP contribution >= 0.6 is 11.8 Å². The van der Waals surface area contributed by atoms with Gasteiger partial charge >= 0.3 is 12.0 Å². The molecule has 264 valence electrons. The SMILES string of the molecule is COC(=O)C(Cc1ccccc1)NC(=O)Nc1ccc(C2OC(CSc3nnnn3-c3ccc(O)cc3)C(C)C(c3ccc(CO)cc3)O2)cc1. The standard InChI is InChI=1S/C37H38N6O7S/c1-23-32(22-51-37-40-41-42-43(37)29-16-18-30(45)19-17-29)49-35(50-33(23)26-10-8-25(21-44)9-11-26)27-12-14-28(15-13-27)38-36(47)39-31(34(46)48-2)20-24-6-4-3-5-7-24/h3-19,23,31-33,35,44-45H,20-22H2,1-2H3,(H2,38,39,47). The number of urea groups is 1. The molecule has 6 rings (SSSR count). The van der Waals surface area contributed by atoms with Crippen molar-refractivity contribution in [3.05, 3.63) is 125 Å². The van der Waals surface area contributed by atoms with Gasteiger partial charge in [0, 0.05) is 29.3 Å². The third kappa shape index (κ3) is 8.91. The number of aromatic hydroxyl groups is 1. The number of anilines is 1. The Morgan fingerprint density at radius 3 is 2.31 bits per heavy atom. The molecule has 5 unspecified atom stereocenters. The summed E-state index contributed by atoms with van der Waals surface area (Å²) >= 11 is 1.44. The Hall–Kier alpha value is -5.28. The maximum Gasteiger partial charge on any atom is 0.328 e. The number of nitrogens with zero attached hydrogens (tertiary/aromatic N) is 4. The number of tetrazole rings is 1. The van der Waals surface area contributed by atoms with Crippen LogP contribution in [-0.4, -0.2) is 67.4 Å². The normalized spacial score (nSPS) is 19.2. The summed E-state index contributed by atoms with van der Waals surface area (Å²) in [4.78, 5) is 25.3. The molecular formula is C37H38N6O7S. The van der Waals surface area contributed by atoms with Crippen molar-refractivity contribution in [2.24, 2.45) is 5.92 Å². The van der Waals surface area contributed by atoms with Gasteiger partial charge in [0.25, 0.3) is 0 Å². The monoisotopic (exact) mass is 710 g/mol. The average molecular weight is 711 g/mol. The number of aromatic nitrogens is 4. The van der Waals surface area contributed by atoms with E-state index in [-0.39, 0.29) is 36.9 Å². The molecule has 5 aromatic rings. The maximum atomic E-state index is 12.9. The molecule has 1 aromatic heterocycles. The first kappa shape index (κ1) is 35.5. The van der Waals surface area contributed by atoms with E-state index in [1.54, 1.807) is 41.1 Å². The van der Waals surface area contributed by atoms with Gasteiger partial charge in [0.05, 0.1) is 31.6 Å². The van der Waals surface area contributed by atoms with Gasteiger partial charge in [-0.3, -0.25) is 0 Å². The number of phenolic OH excluding ortho intramolecular Hbond substituents is 1. The van der Waals surface area contributed by atoms with Gasteiger partial charge in [0.2, 0.25) is 5.16 Å². The molecule has 2 heterocycles. The van der Waals surface area contributed by atoms with Crippen LogP contribution in [0.15, 0.2) is 108 Å². The zero-order chi connectivity index (χ0) is 35.7. The Kier molecular flexibility index (Phi) is 11.6. The van der Waals surface area contributed by atoms with E-state index in [1.165, 1.54) is 18.9 Å². The number of aliphatic hydroxyl groups excluding tert-OH is 1. The maximum absolute atomic E-state index is 12.9. The van der Waals surface area contributed by atoms with Crippen molar-refractivity contribution < 1.29 is 34.0 Å². The lowest BCUT2D eigenvalue weighted by atomic mass is 9.91. The fraction of sp³-hybridized carbons (Fsp3) is 0.270. The summed E-state index contributed by atoms with van der Waals surface area (Å²) in [6.45, 7) is 2.01. The second-order valence-electron chi connectivity index (χ2n) is 12.0. The summed E-state index contributed by atoms with van der Waals surface area (Å²) < 4.78 is 19.7. The van der Waals surface area contributed by atoms with Crippen molar-refractivity contribution in [3.8, 4) is 11.4 Å². The smallest absolute Gasteiger partial charge is 0.328 e. The summed E-state index contributed by atoms with van der Waals surface area (Å²) in [7, 11) is 1.29. The number of ether oxygens (including phenoxy) is 3. The predicted octanol–water partition coefficient (Wildman–Crippen LogP) is 5.35. The molecule has 0 spiro atoms. The van der Waals surface area contributed by atoms with Crippen LogP contribution in [0.5, 0.6) is 5.75 Å². The fourth-order valence-corrected chi connectivity index (χ4v) is 6.78. The molecule has 1 aliphatic rings. The molecule has 0 radical (unpaired) electrons. The number of hydrogen-bond donors (Lipinski definition) is 4. The predicted molar refractivity (Wildman–Crippen MR) is 189 cm³/mol. The van der Waals surface area contributed by atoms with Gasteiger partial charge in [0.15, 0.2) is 6.29 Å². The number of amides is 2. The third-order valence-electron chi connectivity index (χ3n) is 8.55. The Bertz CT molecular complexity index is 1890. The van der Waals surface area contributed by atoms with Gasteiger partial charge in [-0.1, -0.05) is 85.4 Å². The van der Waals surface area contributed by atoms with Crippen molar-refractivity contribution in [2.45, 2.75) is 49.6 Å². The number of rotatable bonds is 12. The van der Waals surface area contributed by atoms with Crippen LogP contribution in [-0.2, 0) is 32.0 Å². The van der Waals surface area contributed by atoms with Crippen molar-refractivity contribution in [2.75, 3.05) is 18.2 Å². The number of carbonyl (C=O) groups is 2. The Balaban J connectivity index is 1.16. The number of nitrogens with one attached hydrogen (secondary N) is 2. The van der Waals surface area contributed by atoms with Crippen LogP contribution in [0.25, 0.3) is 5.69 Å². The lowest BCUT2D eigenvalue weighted by Gasteiger charge is -2.41. The van der Waals surface area contributed by atoms with E-state index in [1.807, 2.05) is 66.7 Å². The van der Waals surface area contributed by atoms with Gasteiger partial charge in [0.1, 0.15) is 11.8 Å². The highest BCUT2D eigenvalue weighted by Crippen LogP contribution is 2.43. The minimum absolute atomic E-state index is 0.0586. The number of aliphatic hydroxyl groups is 1. The van der Waals surface area contributed by atoms with Crippen LogP contribution in [0.4, 0.5) is 10.5 Å². The van der Waals surface area contributed by atoms with Crippen LogP contribution in [0, 0.1) is 5.92 Å². The van der Waals surface area contributed by atoms with Gasteiger partial charge in [-0.2, -0.15) is 4.68 Å². The highest BCUT2D eigenvalue weighted by molar-refractivity contribution is 7.99. The summed E-state index contributed by atoms with van der Waals surface area (Å²) in [5.74, 6) is 0.0347. The quantitative estimate of drug-likeness (QED) is 0.0973. The van der Waals surface area contributed by atoms with Gasteiger partial charge in [-0.05, 0) is 63.5 Å². The van der Waals surface area contributed by atoms with E-state index in [2.05, 4.69) is 33.1 Å². The first-order chi connectivity index (χ1) is 24.8. The van der Waals surface area contributed by atoms with E-state index >= 15 is 0 Å². The summed E-state index contributed by atoms with van der Waals surface area (Å²) in [6, 6.07) is 29.3. The lowest BCUT2D eigenvalue weighted by molar-refractivity contribution is -0.268. The number of methoxy groups -OCH3 is 1. The fourth-order valence-electron chi connectivity index (χ4n) is 5.73. The molecule has 2 amide bonds. The van der Waals surface area contributed by atoms with E-state index < -0.39 is 24.3 Å². The van der Waals surface area contributed by atoms with E-state index in [4.69, 9.17) is 14.2 Å². The first-order valence-corrected chi connectivity index (χ1v) is 17.3. The number of esters is 1. The third-order valence-corrected chi connectivity index (χ3v) is 9.56. The zero-order valence-corrected chi connectivity index (χ0v) is 28.8. The highest BCUT2D eigenvalue weighted by Gasteiger charge is 2.38. The van der Waals surface area contributed by atoms with Gasteiger partial charge < -0.3 is 35.1 Å². The second-order valence-corrected chi connectivity index (χ2v) is 13.0. The van der Waals surface area contributed by atoms with Crippen LogP contribution in [0.3, 0.4) is 0 Å². The molecule has 13 nitrogen and oxygen atoms in total. The first-order valence-electron chi connectivity index (χ1n) is 16.3. The topological polar surface area (TPSA) is 170 Å². The average Bonchev–Trinajstić information content (AvgIpc) is 3.63. The molecule has 4 aromatic carbocycles. The van der Waals surface area contributed by atoms with Crippen LogP contribution < -0.4 is 10.6 Å². The van der Waals surface area contributed by atoms with E-state index in [0.717, 1.165) is 22.3 Å². The number of thioether (sulfide) groups is 1. The number of carbonyl (C=O) groups excluding carboxylic acids is 2. The van der Waals surface area contributed by atoms with Gasteiger partial charge in [-0.15, -0.1) is 5.10 Å². The molecule has 5 atom stereocenters. The molecular weight excluding hydrogens is 673 g/mol. The van der Waals surface area contributed by atoms with Crippen molar-refractivity contribution in [1.82, 2.24) is 25.5 Å². The van der Waals surface area contributed by atoms with E-state index in [9.17, 15) is 19.8 Å². The van der Waals surface area contributed by atoms with Crippen LogP contribution in [0.1, 0.15) is 41.6 Å². The lowest BCUT2D eigenvalue weighted by Crippen LogP contribution is -2.45. The molecule has 0 saturated carbocycles. The van der Waals surface area contributed by atoms with Gasteiger partial charge in [-0.25, -0.2) is 9.59 Å². The van der Waals surface area contributed by atoms with Crippen LogP contribution in [0.2, 0.25) is 0 Å². The molecule has 1 fully saturated rings. The van der Waals surface area contributed by atoms with Crippen molar-refractivity contribution >= 4 is 29.4 Å². The minimum Gasteiger partial charge on any atom is -0.508 e. The summed E-state index contributed by atoms with van der Waals surface area (Å²) in [5, 5.41) is 37.5. The Morgan fingerprint density at radius 1 is 0.922 bits per heavy atom. The second kappa shape index (κ2) is 16.6. The zero-order valence-electron chi connectivity index (χ0n) is 28.0. The Morgan fingerprint density at radius 2 is 1.63 bits per heavy atom. The largest absolute Gasteiger partial charge is 0.508 e. The molecule has 0 bridgehead atoms. The molecule has 51 heavy (non-hydrogen) atoms.